The van der Waals surface area contributed by atoms with Gasteiger partial charge in [-0.05, 0) is 57.7 Å². The molecule has 0 aromatic carbocycles. The zero-order chi connectivity index (χ0) is 18.5. The monoisotopic (exact) mass is 372 g/mol. The number of guanidine groups is 1. The van der Waals surface area contributed by atoms with Crippen LogP contribution in [0.3, 0.4) is 0 Å². The summed E-state index contributed by atoms with van der Waals surface area (Å²) in [5.74, 6) is 2.05. The van der Waals surface area contributed by atoms with E-state index in [1.54, 1.807) is 6.26 Å². The van der Waals surface area contributed by atoms with Crippen LogP contribution >= 0.6 is 0 Å². The van der Waals surface area contributed by atoms with Crippen molar-refractivity contribution in [2.24, 2.45) is 4.99 Å². The Labute approximate surface area is 164 Å². The normalized spacial score (nSPS) is 30.3. The Morgan fingerprint density at radius 2 is 1.78 bits per heavy atom. The minimum Gasteiger partial charge on any atom is -0.469 e. The largest absolute Gasteiger partial charge is 0.469 e. The van der Waals surface area contributed by atoms with E-state index in [0.717, 1.165) is 36.8 Å². The third-order valence-corrected chi connectivity index (χ3v) is 6.83. The van der Waals surface area contributed by atoms with Crippen LogP contribution in [0.25, 0.3) is 0 Å². The molecule has 3 fully saturated rings. The fourth-order valence-corrected chi connectivity index (χ4v) is 5.23. The van der Waals surface area contributed by atoms with Gasteiger partial charge in [-0.15, -0.1) is 0 Å². The molecule has 2 aliphatic heterocycles. The van der Waals surface area contributed by atoms with Gasteiger partial charge in [-0.2, -0.15) is 0 Å². The summed E-state index contributed by atoms with van der Waals surface area (Å²) >= 11 is 0. The molecule has 2 bridgehead atoms. The topological polar surface area (TPSA) is 52.8 Å². The number of rotatable bonds is 5. The molecule has 2 unspecified atom stereocenters. The summed E-state index contributed by atoms with van der Waals surface area (Å²) in [6.45, 7) is 0.773. The maximum absolute atomic E-state index is 5.46. The fraction of sp³-hybridized carbons (Fsp3) is 0.773. The first kappa shape index (κ1) is 18.9. The molecule has 1 aliphatic carbocycles. The molecular formula is C22H36N4O. The van der Waals surface area contributed by atoms with Crippen molar-refractivity contribution in [2.75, 3.05) is 13.6 Å². The summed E-state index contributed by atoms with van der Waals surface area (Å²) in [6, 6.07) is 6.61. The van der Waals surface area contributed by atoms with E-state index in [-0.39, 0.29) is 0 Å². The van der Waals surface area contributed by atoms with Crippen LogP contribution in [0, 0.1) is 0 Å². The zero-order valence-electron chi connectivity index (χ0n) is 16.8. The van der Waals surface area contributed by atoms with Crippen LogP contribution < -0.4 is 10.6 Å². The second-order valence-corrected chi connectivity index (χ2v) is 8.76. The number of nitrogens with zero attached hydrogens (tertiary/aromatic N) is 2. The predicted molar refractivity (Wildman–Crippen MR) is 110 cm³/mol. The molecule has 5 nitrogen and oxygen atoms in total. The number of hydrogen-bond donors (Lipinski definition) is 2. The first-order valence-electron chi connectivity index (χ1n) is 11.1. The Morgan fingerprint density at radius 1 is 1.04 bits per heavy atom. The van der Waals surface area contributed by atoms with Gasteiger partial charge < -0.3 is 20.0 Å². The third-order valence-electron chi connectivity index (χ3n) is 6.83. The predicted octanol–water partition coefficient (Wildman–Crippen LogP) is 3.71. The van der Waals surface area contributed by atoms with Crippen molar-refractivity contribution >= 4 is 5.96 Å². The van der Waals surface area contributed by atoms with E-state index in [0.29, 0.717) is 12.1 Å². The van der Waals surface area contributed by atoms with Crippen molar-refractivity contribution in [3.63, 3.8) is 0 Å². The van der Waals surface area contributed by atoms with E-state index in [4.69, 9.17) is 9.41 Å². The molecule has 0 radical (unpaired) electrons. The molecule has 27 heavy (non-hydrogen) atoms. The zero-order valence-corrected chi connectivity index (χ0v) is 16.8. The Kier molecular flexibility index (Phi) is 6.38. The van der Waals surface area contributed by atoms with Gasteiger partial charge in [-0.3, -0.25) is 4.99 Å². The van der Waals surface area contributed by atoms with Crippen LogP contribution in [-0.2, 0) is 6.42 Å². The summed E-state index contributed by atoms with van der Waals surface area (Å²) in [7, 11) is 2.32. The highest BCUT2D eigenvalue weighted by Gasteiger charge is 2.36. The van der Waals surface area contributed by atoms with Crippen molar-refractivity contribution < 1.29 is 4.42 Å². The van der Waals surface area contributed by atoms with E-state index in [9.17, 15) is 0 Å². The number of furan rings is 1. The summed E-state index contributed by atoms with van der Waals surface area (Å²) in [4.78, 5) is 7.55. The Morgan fingerprint density at radius 3 is 2.48 bits per heavy atom. The van der Waals surface area contributed by atoms with Gasteiger partial charge >= 0.3 is 0 Å². The lowest BCUT2D eigenvalue weighted by Crippen LogP contribution is -2.57. The molecule has 2 atom stereocenters. The summed E-state index contributed by atoms with van der Waals surface area (Å²) < 4.78 is 5.46. The van der Waals surface area contributed by atoms with E-state index in [1.807, 2.05) is 12.1 Å². The molecule has 2 N–H and O–H groups in total. The number of fused-ring (bicyclic) bond motifs is 2. The van der Waals surface area contributed by atoms with Gasteiger partial charge in [0, 0.05) is 37.1 Å². The highest BCUT2D eigenvalue weighted by molar-refractivity contribution is 5.80. The fourth-order valence-electron chi connectivity index (χ4n) is 5.23. The Bertz CT molecular complexity index is 579. The molecule has 1 aromatic rings. The van der Waals surface area contributed by atoms with Gasteiger partial charge in [0.1, 0.15) is 5.76 Å². The van der Waals surface area contributed by atoms with Gasteiger partial charge in [-0.25, -0.2) is 0 Å². The highest BCUT2D eigenvalue weighted by atomic mass is 16.3. The molecule has 150 valence electrons. The van der Waals surface area contributed by atoms with Gasteiger partial charge in [0.15, 0.2) is 5.96 Å². The van der Waals surface area contributed by atoms with E-state index in [1.165, 1.54) is 64.2 Å². The summed E-state index contributed by atoms with van der Waals surface area (Å²) in [5, 5.41) is 7.57. The van der Waals surface area contributed by atoms with Crippen LogP contribution in [0.4, 0.5) is 0 Å². The SMILES string of the molecule is CN1C2CCCC1CC(NC(=NCCc1ccco1)NC1CCCCC1)C2. The number of aliphatic imine (C=N–C) groups is 1. The van der Waals surface area contributed by atoms with Crippen LogP contribution in [0.2, 0.25) is 0 Å². The van der Waals surface area contributed by atoms with Gasteiger partial charge in [0.05, 0.1) is 6.26 Å². The van der Waals surface area contributed by atoms with Crippen molar-refractivity contribution in [2.45, 2.75) is 94.8 Å². The average molecular weight is 373 g/mol. The number of piperidine rings is 2. The molecule has 2 saturated heterocycles. The van der Waals surface area contributed by atoms with E-state index < -0.39 is 0 Å². The Balaban J connectivity index is 1.37. The quantitative estimate of drug-likeness (QED) is 0.611. The standard InChI is InChI=1S/C22H36N4O/c1-26-19-9-5-10-20(26)16-18(15-19)25-22(24-17-7-3-2-4-8-17)23-13-12-21-11-6-14-27-21/h6,11,14,17-20H,2-5,7-10,12-13,15-16H2,1H3,(H2,23,24,25). The third kappa shape index (κ3) is 5.07. The molecular weight excluding hydrogens is 336 g/mol. The molecule has 5 heteroatoms. The lowest BCUT2D eigenvalue weighted by molar-refractivity contribution is 0.0526. The van der Waals surface area contributed by atoms with Crippen molar-refractivity contribution in [1.29, 1.82) is 0 Å². The summed E-state index contributed by atoms with van der Waals surface area (Å²) in [6.07, 6.45) is 15.8. The molecule has 3 aliphatic rings. The van der Waals surface area contributed by atoms with Gasteiger partial charge in [-0.1, -0.05) is 25.7 Å². The van der Waals surface area contributed by atoms with Crippen LogP contribution in [0.1, 0.15) is 70.0 Å². The van der Waals surface area contributed by atoms with Crippen LogP contribution in [-0.4, -0.2) is 48.6 Å². The Hall–Kier alpha value is -1.49. The lowest BCUT2D eigenvalue weighted by Gasteiger charge is -2.47. The molecule has 1 saturated carbocycles. The van der Waals surface area contributed by atoms with Crippen molar-refractivity contribution in [3.05, 3.63) is 24.2 Å². The minimum atomic E-state index is 0.551. The van der Waals surface area contributed by atoms with Gasteiger partial charge in [0.25, 0.3) is 0 Å². The average Bonchev–Trinajstić information content (AvgIpc) is 3.17. The van der Waals surface area contributed by atoms with Crippen molar-refractivity contribution in [3.8, 4) is 0 Å². The van der Waals surface area contributed by atoms with Gasteiger partial charge in [0.2, 0.25) is 0 Å². The second kappa shape index (κ2) is 9.13. The van der Waals surface area contributed by atoms with Crippen LogP contribution in [0.5, 0.6) is 0 Å². The molecule has 4 rings (SSSR count). The number of hydrogen-bond acceptors (Lipinski definition) is 3. The first-order valence-corrected chi connectivity index (χ1v) is 11.1. The minimum absolute atomic E-state index is 0.551. The first-order chi connectivity index (χ1) is 13.3. The van der Waals surface area contributed by atoms with Crippen LogP contribution in [0.15, 0.2) is 27.8 Å². The summed E-state index contributed by atoms with van der Waals surface area (Å²) in [5.41, 5.74) is 0. The lowest BCUT2D eigenvalue weighted by atomic mass is 9.82. The maximum Gasteiger partial charge on any atom is 0.191 e. The molecule has 3 heterocycles. The molecule has 0 spiro atoms. The van der Waals surface area contributed by atoms with E-state index >= 15 is 0 Å². The molecule has 1 aromatic heterocycles. The molecule has 0 amide bonds. The van der Waals surface area contributed by atoms with E-state index in [2.05, 4.69) is 22.6 Å². The smallest absolute Gasteiger partial charge is 0.191 e. The second-order valence-electron chi connectivity index (χ2n) is 8.76. The van der Waals surface area contributed by atoms with Crippen molar-refractivity contribution in [1.82, 2.24) is 15.5 Å². The number of nitrogens with one attached hydrogen (secondary N) is 2. The maximum atomic E-state index is 5.46. The highest BCUT2D eigenvalue weighted by Crippen LogP contribution is 2.32.